The predicted octanol–water partition coefficient (Wildman–Crippen LogP) is 3.07. The largest absolute Gasteiger partial charge is 0.483 e. The van der Waals surface area contributed by atoms with Gasteiger partial charge in [0.2, 0.25) is 5.95 Å². The van der Waals surface area contributed by atoms with Gasteiger partial charge in [-0.25, -0.2) is 9.97 Å². The quantitative estimate of drug-likeness (QED) is 0.849. The first-order valence-corrected chi connectivity index (χ1v) is 9.57. The highest BCUT2D eigenvalue weighted by Crippen LogP contribution is 2.27. The molecule has 27 heavy (non-hydrogen) atoms. The minimum atomic E-state index is -0.0689. The van der Waals surface area contributed by atoms with Crippen molar-refractivity contribution in [1.29, 1.82) is 0 Å². The maximum atomic E-state index is 12.3. The van der Waals surface area contributed by atoms with E-state index in [4.69, 9.17) is 4.74 Å². The molecule has 0 unspecified atom stereocenters. The van der Waals surface area contributed by atoms with Crippen molar-refractivity contribution in [2.24, 2.45) is 0 Å². The number of piperidine rings is 1. The topological polar surface area (TPSA) is 67.3 Å². The van der Waals surface area contributed by atoms with E-state index in [-0.39, 0.29) is 18.6 Å². The molecule has 1 aromatic heterocycles. The van der Waals surface area contributed by atoms with Crippen LogP contribution in [0.3, 0.4) is 0 Å². The lowest BCUT2D eigenvalue weighted by molar-refractivity contribution is -0.123. The molecular weight excluding hydrogens is 340 g/mol. The SMILES string of the molecule is Cc1ccc(C(C)C)c(OCC(=O)NC2CCN(c3ncccn3)CC2)c1. The van der Waals surface area contributed by atoms with E-state index in [0.29, 0.717) is 5.92 Å². The monoisotopic (exact) mass is 368 g/mol. The highest BCUT2D eigenvalue weighted by atomic mass is 16.5. The summed E-state index contributed by atoms with van der Waals surface area (Å²) in [6.07, 6.45) is 5.27. The standard InChI is InChI=1S/C21H28N4O2/c1-15(2)18-6-5-16(3)13-19(18)27-14-20(26)24-17-7-11-25(12-8-17)21-22-9-4-10-23-21/h4-6,9-10,13,15,17H,7-8,11-12,14H2,1-3H3,(H,24,26). The number of anilines is 1. The first-order valence-electron chi connectivity index (χ1n) is 9.57. The van der Waals surface area contributed by atoms with Crippen molar-refractivity contribution in [2.75, 3.05) is 24.6 Å². The summed E-state index contributed by atoms with van der Waals surface area (Å²) in [6, 6.07) is 8.14. The zero-order chi connectivity index (χ0) is 19.2. The lowest BCUT2D eigenvalue weighted by atomic mass is 10.0. The van der Waals surface area contributed by atoms with E-state index >= 15 is 0 Å². The van der Waals surface area contributed by atoms with Gasteiger partial charge in [-0.1, -0.05) is 26.0 Å². The first-order chi connectivity index (χ1) is 13.0. The molecule has 2 aromatic rings. The molecule has 1 amide bonds. The molecule has 2 heterocycles. The van der Waals surface area contributed by atoms with E-state index in [0.717, 1.165) is 48.8 Å². The molecule has 0 saturated carbocycles. The Labute approximate surface area is 161 Å². The Hall–Kier alpha value is -2.63. The summed E-state index contributed by atoms with van der Waals surface area (Å²) in [7, 11) is 0. The van der Waals surface area contributed by atoms with E-state index in [1.807, 2.05) is 19.1 Å². The van der Waals surface area contributed by atoms with Crippen LogP contribution < -0.4 is 15.0 Å². The smallest absolute Gasteiger partial charge is 0.258 e. The van der Waals surface area contributed by atoms with Crippen LogP contribution in [-0.2, 0) is 4.79 Å². The van der Waals surface area contributed by atoms with Crippen molar-refractivity contribution in [1.82, 2.24) is 15.3 Å². The summed E-state index contributed by atoms with van der Waals surface area (Å²) < 4.78 is 5.83. The Morgan fingerprint density at radius 1 is 1.26 bits per heavy atom. The van der Waals surface area contributed by atoms with Gasteiger partial charge >= 0.3 is 0 Å². The maximum Gasteiger partial charge on any atom is 0.258 e. The molecule has 0 bridgehead atoms. The molecule has 6 heteroatoms. The van der Waals surface area contributed by atoms with Crippen LogP contribution in [0, 0.1) is 6.92 Å². The highest BCUT2D eigenvalue weighted by Gasteiger charge is 2.22. The Morgan fingerprint density at radius 3 is 2.63 bits per heavy atom. The number of hydrogen-bond donors (Lipinski definition) is 1. The van der Waals surface area contributed by atoms with Crippen molar-refractivity contribution in [2.45, 2.75) is 45.6 Å². The van der Waals surface area contributed by atoms with Crippen molar-refractivity contribution in [3.63, 3.8) is 0 Å². The summed E-state index contributed by atoms with van der Waals surface area (Å²) in [5, 5.41) is 3.09. The number of benzene rings is 1. The molecule has 3 rings (SSSR count). The molecule has 0 radical (unpaired) electrons. The number of aromatic nitrogens is 2. The fraction of sp³-hybridized carbons (Fsp3) is 0.476. The van der Waals surface area contributed by atoms with Crippen LogP contribution >= 0.6 is 0 Å². The number of carbonyl (C=O) groups excluding carboxylic acids is 1. The zero-order valence-electron chi connectivity index (χ0n) is 16.3. The Kier molecular flexibility index (Phi) is 6.27. The first kappa shape index (κ1) is 19.1. The molecule has 1 saturated heterocycles. The second kappa shape index (κ2) is 8.84. The number of amides is 1. The number of carbonyl (C=O) groups is 1. The van der Waals surface area contributed by atoms with Gasteiger partial charge in [0.05, 0.1) is 0 Å². The van der Waals surface area contributed by atoms with Gasteiger partial charge in [-0.15, -0.1) is 0 Å². The van der Waals surface area contributed by atoms with Gasteiger partial charge in [-0.2, -0.15) is 0 Å². The summed E-state index contributed by atoms with van der Waals surface area (Å²) in [6.45, 7) is 8.01. The van der Waals surface area contributed by atoms with Gasteiger partial charge in [-0.05, 0) is 48.9 Å². The summed E-state index contributed by atoms with van der Waals surface area (Å²) in [5.41, 5.74) is 2.26. The molecule has 1 aromatic carbocycles. The van der Waals surface area contributed by atoms with E-state index in [2.05, 4.69) is 46.2 Å². The van der Waals surface area contributed by atoms with Crippen LogP contribution in [0.1, 0.15) is 43.7 Å². The number of nitrogens with zero attached hydrogens (tertiary/aromatic N) is 3. The lowest BCUT2D eigenvalue weighted by Crippen LogP contribution is -2.46. The minimum Gasteiger partial charge on any atom is -0.483 e. The van der Waals surface area contributed by atoms with Gasteiger partial charge in [0.25, 0.3) is 5.91 Å². The van der Waals surface area contributed by atoms with E-state index in [9.17, 15) is 4.79 Å². The lowest BCUT2D eigenvalue weighted by Gasteiger charge is -2.32. The van der Waals surface area contributed by atoms with E-state index in [1.165, 1.54) is 0 Å². The average molecular weight is 368 g/mol. The molecule has 1 aliphatic heterocycles. The summed E-state index contributed by atoms with van der Waals surface area (Å²) >= 11 is 0. The van der Waals surface area contributed by atoms with Gasteiger partial charge in [0.15, 0.2) is 6.61 Å². The van der Waals surface area contributed by atoms with Crippen molar-refractivity contribution >= 4 is 11.9 Å². The van der Waals surface area contributed by atoms with Gasteiger partial charge in [0.1, 0.15) is 5.75 Å². The average Bonchev–Trinajstić information content (AvgIpc) is 2.67. The zero-order valence-corrected chi connectivity index (χ0v) is 16.3. The fourth-order valence-corrected chi connectivity index (χ4v) is 3.33. The maximum absolute atomic E-state index is 12.3. The molecular formula is C21H28N4O2. The molecule has 144 valence electrons. The fourth-order valence-electron chi connectivity index (χ4n) is 3.33. The van der Waals surface area contributed by atoms with Crippen LogP contribution in [-0.4, -0.2) is 41.6 Å². The van der Waals surface area contributed by atoms with Crippen molar-refractivity contribution in [3.8, 4) is 5.75 Å². The molecule has 0 atom stereocenters. The third kappa shape index (κ3) is 5.18. The second-order valence-corrected chi connectivity index (χ2v) is 7.36. The molecule has 1 N–H and O–H groups in total. The Balaban J connectivity index is 1.48. The Bertz CT molecular complexity index is 756. The Morgan fingerprint density at radius 2 is 1.96 bits per heavy atom. The van der Waals surface area contributed by atoms with E-state index in [1.54, 1.807) is 12.4 Å². The number of ether oxygens (including phenoxy) is 1. The number of hydrogen-bond acceptors (Lipinski definition) is 5. The van der Waals surface area contributed by atoms with Crippen LogP contribution in [0.15, 0.2) is 36.7 Å². The molecule has 6 nitrogen and oxygen atoms in total. The van der Waals surface area contributed by atoms with Gasteiger partial charge < -0.3 is 15.0 Å². The third-order valence-corrected chi connectivity index (χ3v) is 4.84. The van der Waals surface area contributed by atoms with Crippen LogP contribution in [0.4, 0.5) is 5.95 Å². The molecule has 0 aliphatic carbocycles. The third-order valence-electron chi connectivity index (χ3n) is 4.84. The van der Waals surface area contributed by atoms with Crippen molar-refractivity contribution < 1.29 is 9.53 Å². The van der Waals surface area contributed by atoms with Crippen molar-refractivity contribution in [3.05, 3.63) is 47.8 Å². The molecule has 0 spiro atoms. The van der Waals surface area contributed by atoms with Crippen LogP contribution in [0.5, 0.6) is 5.75 Å². The molecule has 1 aliphatic rings. The molecule has 1 fully saturated rings. The minimum absolute atomic E-state index is 0.0468. The van der Waals surface area contributed by atoms with Gasteiger partial charge in [-0.3, -0.25) is 4.79 Å². The van der Waals surface area contributed by atoms with Gasteiger partial charge in [0, 0.05) is 31.5 Å². The number of nitrogens with one attached hydrogen (secondary N) is 1. The van der Waals surface area contributed by atoms with E-state index < -0.39 is 0 Å². The predicted molar refractivity (Wildman–Crippen MR) is 106 cm³/mol. The number of rotatable bonds is 6. The van der Waals surface area contributed by atoms with Crippen LogP contribution in [0.2, 0.25) is 0 Å². The highest BCUT2D eigenvalue weighted by molar-refractivity contribution is 5.78. The second-order valence-electron chi connectivity index (χ2n) is 7.36. The number of aryl methyl sites for hydroxylation is 1. The summed E-state index contributed by atoms with van der Waals surface area (Å²) in [5.74, 6) is 1.84. The summed E-state index contributed by atoms with van der Waals surface area (Å²) in [4.78, 5) is 23.1. The normalized spacial score (nSPS) is 15.0. The van der Waals surface area contributed by atoms with Crippen LogP contribution in [0.25, 0.3) is 0 Å².